The Labute approximate surface area is 247 Å². The van der Waals surface area contributed by atoms with Crippen molar-refractivity contribution in [1.29, 1.82) is 0 Å². The van der Waals surface area contributed by atoms with Gasteiger partial charge in [-0.15, -0.1) is 23.1 Å². The number of rotatable bonds is 11. The lowest BCUT2D eigenvalue weighted by Crippen LogP contribution is -2.54. The highest BCUT2D eigenvalue weighted by Crippen LogP contribution is 2.36. The predicted octanol–water partition coefficient (Wildman–Crippen LogP) is 3.58. The fraction of sp³-hybridized carbons (Fsp3) is 0.483. The maximum Gasteiger partial charge on any atom is 0.323 e. The van der Waals surface area contributed by atoms with Crippen molar-refractivity contribution in [3.8, 4) is 0 Å². The van der Waals surface area contributed by atoms with Crippen LogP contribution in [-0.2, 0) is 19.1 Å². The number of carboxylic acids is 1. The van der Waals surface area contributed by atoms with Crippen molar-refractivity contribution in [3.05, 3.63) is 57.8 Å². The number of nitrogens with one attached hydrogen (secondary N) is 1. The molecule has 0 bridgehead atoms. The first-order valence-corrected chi connectivity index (χ1v) is 15.5. The molecular weight excluding hydrogens is 566 g/mol. The van der Waals surface area contributed by atoms with Gasteiger partial charge in [-0.3, -0.25) is 34.2 Å². The average Bonchev–Trinajstić information content (AvgIpc) is 3.49. The van der Waals surface area contributed by atoms with E-state index >= 15 is 0 Å². The van der Waals surface area contributed by atoms with Crippen molar-refractivity contribution in [3.63, 3.8) is 0 Å². The SMILES string of the molecule is CC(C)(C)OC(=O)[C@@H](CCCCN1C(=O)c2ccccc2C1=O)NC1CSC(c2cccs2)CN(CC(=O)O)C1=O. The summed E-state index contributed by atoms with van der Waals surface area (Å²) in [6.45, 7) is 5.31. The molecule has 1 saturated heterocycles. The van der Waals surface area contributed by atoms with Crippen LogP contribution in [0.1, 0.15) is 70.9 Å². The second-order valence-corrected chi connectivity index (χ2v) is 13.3. The van der Waals surface area contributed by atoms with E-state index in [-0.39, 0.29) is 36.1 Å². The second-order valence-electron chi connectivity index (χ2n) is 11.1. The zero-order chi connectivity index (χ0) is 29.7. The number of thiophene rings is 1. The number of hydrogen-bond donors (Lipinski definition) is 2. The minimum atomic E-state index is -1.11. The van der Waals surface area contributed by atoms with Crippen LogP contribution < -0.4 is 5.32 Å². The summed E-state index contributed by atoms with van der Waals surface area (Å²) in [7, 11) is 0. The Hall–Kier alpha value is -3.22. The molecule has 3 atom stereocenters. The molecule has 2 aliphatic heterocycles. The summed E-state index contributed by atoms with van der Waals surface area (Å²) in [6.07, 6.45) is 1.25. The predicted molar refractivity (Wildman–Crippen MR) is 156 cm³/mol. The zero-order valence-electron chi connectivity index (χ0n) is 23.3. The second kappa shape index (κ2) is 13.2. The van der Waals surface area contributed by atoms with E-state index in [1.54, 1.807) is 68.1 Å². The molecule has 12 heteroatoms. The number of nitrogens with zero attached hydrogens (tertiary/aromatic N) is 2. The summed E-state index contributed by atoms with van der Waals surface area (Å²) in [4.78, 5) is 67.2. The quantitative estimate of drug-likeness (QED) is 0.225. The number of esters is 1. The largest absolute Gasteiger partial charge is 0.480 e. The first-order chi connectivity index (χ1) is 19.4. The molecule has 1 fully saturated rings. The number of fused-ring (bicyclic) bond motifs is 1. The van der Waals surface area contributed by atoms with Gasteiger partial charge in [-0.2, -0.15) is 0 Å². The van der Waals surface area contributed by atoms with Crippen LogP contribution in [0.25, 0.3) is 0 Å². The standard InChI is InChI=1S/C29H35N3O7S2/c1-29(2,3)39-28(38)20(11-6-7-13-32-25(35)18-9-4-5-10-19(18)26(32)36)30-21-17-41-23(22-12-8-14-40-22)15-31(27(21)37)16-24(33)34/h4-5,8-10,12,14,20-21,23,30H,6-7,11,13,15-17H2,1-3H3,(H,33,34)/t20-,21?,23?/m1/s1. The van der Waals surface area contributed by atoms with Crippen molar-refractivity contribution >= 4 is 52.8 Å². The Morgan fingerprint density at radius 3 is 2.34 bits per heavy atom. The molecule has 0 radical (unpaired) electrons. The number of unbranched alkanes of at least 4 members (excludes halogenated alkanes) is 1. The van der Waals surface area contributed by atoms with E-state index in [4.69, 9.17) is 4.74 Å². The first-order valence-electron chi connectivity index (χ1n) is 13.5. The molecule has 10 nitrogen and oxygen atoms in total. The number of amides is 3. The van der Waals surface area contributed by atoms with Gasteiger partial charge in [-0.25, -0.2) is 0 Å². The van der Waals surface area contributed by atoms with Crippen LogP contribution in [0.4, 0.5) is 0 Å². The van der Waals surface area contributed by atoms with Gasteiger partial charge < -0.3 is 14.7 Å². The molecule has 1 aromatic carbocycles. The van der Waals surface area contributed by atoms with Crippen LogP contribution in [0.15, 0.2) is 41.8 Å². The number of imide groups is 1. The minimum absolute atomic E-state index is 0.0789. The van der Waals surface area contributed by atoms with E-state index in [0.717, 1.165) is 4.88 Å². The third kappa shape index (κ3) is 7.75. The Balaban J connectivity index is 1.43. The minimum Gasteiger partial charge on any atom is -0.480 e. The van der Waals surface area contributed by atoms with Crippen molar-refractivity contribution in [1.82, 2.24) is 15.1 Å². The Morgan fingerprint density at radius 1 is 1.07 bits per heavy atom. The van der Waals surface area contributed by atoms with E-state index in [1.807, 2.05) is 17.5 Å². The van der Waals surface area contributed by atoms with E-state index in [0.29, 0.717) is 36.1 Å². The molecule has 2 aliphatic rings. The highest BCUT2D eigenvalue weighted by molar-refractivity contribution is 7.99. The molecule has 2 aromatic rings. The van der Waals surface area contributed by atoms with Gasteiger partial charge in [0.15, 0.2) is 0 Å². The monoisotopic (exact) mass is 601 g/mol. The third-order valence-electron chi connectivity index (χ3n) is 6.74. The van der Waals surface area contributed by atoms with Gasteiger partial charge in [0.1, 0.15) is 18.2 Å². The van der Waals surface area contributed by atoms with Crippen LogP contribution in [0, 0.1) is 0 Å². The number of hydrogen-bond acceptors (Lipinski definition) is 9. The number of ether oxygens (including phenoxy) is 1. The molecule has 220 valence electrons. The summed E-state index contributed by atoms with van der Waals surface area (Å²) < 4.78 is 5.64. The molecule has 0 aliphatic carbocycles. The highest BCUT2D eigenvalue weighted by Gasteiger charge is 2.37. The van der Waals surface area contributed by atoms with Gasteiger partial charge in [-0.1, -0.05) is 18.2 Å². The third-order valence-corrected chi connectivity index (χ3v) is 9.21. The molecule has 3 amide bonds. The van der Waals surface area contributed by atoms with Crippen LogP contribution in [0.2, 0.25) is 0 Å². The number of aliphatic carboxylic acids is 1. The van der Waals surface area contributed by atoms with Gasteiger partial charge in [0, 0.05) is 23.7 Å². The maximum atomic E-state index is 13.5. The Bertz CT molecular complexity index is 1260. The number of thioether (sulfide) groups is 1. The molecular formula is C29H35N3O7S2. The van der Waals surface area contributed by atoms with Crippen molar-refractivity contribution in [2.45, 2.75) is 63.0 Å². The molecule has 2 N–H and O–H groups in total. The number of carboxylic acid groups (broad SMARTS) is 1. The summed E-state index contributed by atoms with van der Waals surface area (Å²) in [5, 5.41) is 14.5. The summed E-state index contributed by atoms with van der Waals surface area (Å²) in [5.74, 6) is -2.30. The lowest BCUT2D eigenvalue weighted by molar-refractivity contribution is -0.158. The van der Waals surface area contributed by atoms with Crippen molar-refractivity contribution < 1.29 is 33.8 Å². The normalized spacial score (nSPS) is 20.1. The maximum absolute atomic E-state index is 13.5. The summed E-state index contributed by atoms with van der Waals surface area (Å²) in [5.41, 5.74) is 0.0304. The van der Waals surface area contributed by atoms with Crippen molar-refractivity contribution in [2.75, 3.05) is 25.4 Å². The number of carbonyl (C=O) groups excluding carboxylic acids is 4. The van der Waals surface area contributed by atoms with Gasteiger partial charge in [0.25, 0.3) is 11.8 Å². The van der Waals surface area contributed by atoms with Crippen LogP contribution >= 0.6 is 23.1 Å². The lowest BCUT2D eigenvalue weighted by Gasteiger charge is -2.29. The fourth-order valence-electron chi connectivity index (χ4n) is 4.86. The smallest absolute Gasteiger partial charge is 0.323 e. The molecule has 1 aromatic heterocycles. The van der Waals surface area contributed by atoms with Gasteiger partial charge in [-0.05, 0) is 63.6 Å². The van der Waals surface area contributed by atoms with Crippen LogP contribution in [0.5, 0.6) is 0 Å². The molecule has 0 saturated carbocycles. The molecule has 41 heavy (non-hydrogen) atoms. The molecule has 4 rings (SSSR count). The summed E-state index contributed by atoms with van der Waals surface area (Å²) >= 11 is 3.10. The zero-order valence-corrected chi connectivity index (χ0v) is 25.0. The van der Waals surface area contributed by atoms with Crippen LogP contribution in [0.3, 0.4) is 0 Å². The Morgan fingerprint density at radius 2 is 1.76 bits per heavy atom. The van der Waals surface area contributed by atoms with Gasteiger partial charge in [0.05, 0.1) is 22.4 Å². The number of carbonyl (C=O) groups is 5. The molecule has 0 spiro atoms. The number of benzene rings is 1. The van der Waals surface area contributed by atoms with E-state index in [2.05, 4.69) is 5.32 Å². The van der Waals surface area contributed by atoms with Gasteiger partial charge >= 0.3 is 11.9 Å². The van der Waals surface area contributed by atoms with Gasteiger partial charge in [0.2, 0.25) is 5.91 Å². The Kier molecular flexibility index (Phi) is 9.88. The van der Waals surface area contributed by atoms with Crippen molar-refractivity contribution in [2.24, 2.45) is 0 Å². The highest BCUT2D eigenvalue weighted by atomic mass is 32.2. The van der Waals surface area contributed by atoms with E-state index in [9.17, 15) is 29.1 Å². The fourth-order valence-corrected chi connectivity index (χ4v) is 7.12. The van der Waals surface area contributed by atoms with E-state index < -0.39 is 36.2 Å². The summed E-state index contributed by atoms with van der Waals surface area (Å²) in [6, 6.07) is 8.97. The molecule has 3 heterocycles. The van der Waals surface area contributed by atoms with E-state index in [1.165, 1.54) is 9.80 Å². The lowest BCUT2D eigenvalue weighted by atomic mass is 10.1. The molecule has 2 unspecified atom stereocenters. The average molecular weight is 602 g/mol. The first kappa shape index (κ1) is 30.7. The topological polar surface area (TPSA) is 133 Å². The van der Waals surface area contributed by atoms with Crippen LogP contribution in [-0.4, -0.2) is 87.6 Å².